The fourth-order valence-electron chi connectivity index (χ4n) is 2.99. The van der Waals surface area contributed by atoms with Crippen molar-refractivity contribution in [2.75, 3.05) is 13.2 Å². The Morgan fingerprint density at radius 2 is 2.20 bits per heavy atom. The number of hydrogen-bond acceptors (Lipinski definition) is 3. The molecular formula is C16H22N2O2. The Labute approximate surface area is 119 Å². The Bertz CT molecular complexity index is 469. The van der Waals surface area contributed by atoms with E-state index >= 15 is 0 Å². The molecule has 20 heavy (non-hydrogen) atoms. The van der Waals surface area contributed by atoms with Crippen molar-refractivity contribution in [2.24, 2.45) is 0 Å². The van der Waals surface area contributed by atoms with Gasteiger partial charge in [-0.1, -0.05) is 24.3 Å². The van der Waals surface area contributed by atoms with Crippen LogP contribution in [0.1, 0.15) is 30.4 Å². The number of amides is 1. The molecule has 1 aromatic carbocycles. The van der Waals surface area contributed by atoms with E-state index in [1.54, 1.807) is 0 Å². The van der Waals surface area contributed by atoms with E-state index in [0.717, 1.165) is 38.8 Å². The highest BCUT2D eigenvalue weighted by molar-refractivity contribution is 5.82. The molecule has 1 aromatic rings. The second-order valence-electron chi connectivity index (χ2n) is 5.62. The maximum absolute atomic E-state index is 12.2. The third-order valence-corrected chi connectivity index (χ3v) is 4.19. The van der Waals surface area contributed by atoms with E-state index in [1.165, 1.54) is 11.1 Å². The lowest BCUT2D eigenvalue weighted by Gasteiger charge is -2.25. The second-order valence-corrected chi connectivity index (χ2v) is 5.62. The molecule has 4 nitrogen and oxygen atoms in total. The van der Waals surface area contributed by atoms with Crippen LogP contribution in [0.4, 0.5) is 0 Å². The molecule has 4 heteroatoms. The lowest BCUT2D eigenvalue weighted by Crippen LogP contribution is -2.48. The smallest absolute Gasteiger partial charge is 0.237 e. The van der Waals surface area contributed by atoms with E-state index in [1.807, 2.05) is 12.1 Å². The van der Waals surface area contributed by atoms with Crippen molar-refractivity contribution in [1.29, 1.82) is 0 Å². The fraction of sp³-hybridized carbons (Fsp3) is 0.562. The number of fused-ring (bicyclic) bond motifs is 1. The highest BCUT2D eigenvalue weighted by Crippen LogP contribution is 2.17. The minimum absolute atomic E-state index is 0.102. The van der Waals surface area contributed by atoms with Crippen LogP contribution in [0.5, 0.6) is 0 Å². The van der Waals surface area contributed by atoms with Crippen molar-refractivity contribution in [3.8, 4) is 0 Å². The summed E-state index contributed by atoms with van der Waals surface area (Å²) in [6.07, 6.45) is 4.33. The molecule has 2 aliphatic heterocycles. The van der Waals surface area contributed by atoms with Gasteiger partial charge >= 0.3 is 0 Å². The van der Waals surface area contributed by atoms with Gasteiger partial charge in [0.1, 0.15) is 0 Å². The molecule has 0 aromatic heterocycles. The van der Waals surface area contributed by atoms with Crippen molar-refractivity contribution < 1.29 is 9.53 Å². The average molecular weight is 274 g/mol. The number of carbonyl (C=O) groups is 1. The summed E-state index contributed by atoms with van der Waals surface area (Å²) < 4.78 is 5.56. The number of nitrogens with one attached hydrogen (secondary N) is 2. The number of ether oxygens (including phenoxy) is 1. The van der Waals surface area contributed by atoms with Gasteiger partial charge in [-0.15, -0.1) is 0 Å². The second kappa shape index (κ2) is 6.37. The van der Waals surface area contributed by atoms with Crippen molar-refractivity contribution in [2.45, 2.75) is 44.4 Å². The first kappa shape index (κ1) is 13.6. The zero-order valence-electron chi connectivity index (χ0n) is 11.7. The molecule has 2 aliphatic rings. The number of rotatable bonds is 4. The van der Waals surface area contributed by atoms with Crippen LogP contribution < -0.4 is 10.6 Å². The molecule has 0 radical (unpaired) electrons. The molecule has 0 aliphatic carbocycles. The van der Waals surface area contributed by atoms with E-state index in [4.69, 9.17) is 4.74 Å². The third kappa shape index (κ3) is 3.19. The standard InChI is InChI=1S/C16H22N2O2/c19-16(17-8-7-14-6-3-9-20-14)15-10-12-4-1-2-5-13(12)11-18-15/h1-2,4-5,14-15,18H,3,6-11H2,(H,17,19)/t14?,15-/m0/s1. The summed E-state index contributed by atoms with van der Waals surface area (Å²) >= 11 is 0. The van der Waals surface area contributed by atoms with Crippen LogP contribution in [-0.4, -0.2) is 31.2 Å². The lowest BCUT2D eigenvalue weighted by atomic mass is 9.95. The van der Waals surface area contributed by atoms with Crippen LogP contribution in [0.2, 0.25) is 0 Å². The minimum atomic E-state index is -0.102. The van der Waals surface area contributed by atoms with Gasteiger partial charge in [0.05, 0.1) is 12.1 Å². The fourth-order valence-corrected chi connectivity index (χ4v) is 2.99. The topological polar surface area (TPSA) is 50.4 Å². The van der Waals surface area contributed by atoms with Crippen LogP contribution in [0.25, 0.3) is 0 Å². The van der Waals surface area contributed by atoms with Gasteiger partial charge in [0, 0.05) is 19.7 Å². The number of hydrogen-bond donors (Lipinski definition) is 2. The summed E-state index contributed by atoms with van der Waals surface area (Å²) in [5.74, 6) is 0.109. The van der Waals surface area contributed by atoms with Crippen LogP contribution >= 0.6 is 0 Å². The van der Waals surface area contributed by atoms with E-state index in [9.17, 15) is 4.79 Å². The highest BCUT2D eigenvalue weighted by atomic mass is 16.5. The molecule has 0 bridgehead atoms. The minimum Gasteiger partial charge on any atom is -0.378 e. The predicted molar refractivity (Wildman–Crippen MR) is 77.4 cm³/mol. The van der Waals surface area contributed by atoms with E-state index in [-0.39, 0.29) is 11.9 Å². The Hall–Kier alpha value is -1.39. The van der Waals surface area contributed by atoms with Gasteiger partial charge in [0.25, 0.3) is 0 Å². The van der Waals surface area contributed by atoms with Gasteiger partial charge in [-0.3, -0.25) is 4.79 Å². The summed E-state index contributed by atoms with van der Waals surface area (Å²) in [6.45, 7) is 2.36. The van der Waals surface area contributed by atoms with E-state index in [0.29, 0.717) is 12.6 Å². The number of carbonyl (C=O) groups excluding carboxylic acids is 1. The Morgan fingerprint density at radius 1 is 1.35 bits per heavy atom. The van der Waals surface area contributed by atoms with Crippen LogP contribution in [0.15, 0.2) is 24.3 Å². The number of benzene rings is 1. The maximum atomic E-state index is 12.2. The zero-order chi connectivity index (χ0) is 13.8. The highest BCUT2D eigenvalue weighted by Gasteiger charge is 2.24. The Morgan fingerprint density at radius 3 is 3.00 bits per heavy atom. The zero-order valence-corrected chi connectivity index (χ0v) is 11.7. The Kier molecular flexibility index (Phi) is 4.33. The normalized spacial score (nSPS) is 25.2. The summed E-state index contributed by atoms with van der Waals surface area (Å²) in [7, 11) is 0. The first-order chi connectivity index (χ1) is 9.83. The molecule has 1 saturated heterocycles. The SMILES string of the molecule is O=C(NCCC1CCCO1)[C@@H]1Cc2ccccc2CN1. The quantitative estimate of drug-likeness (QED) is 0.872. The summed E-state index contributed by atoms with van der Waals surface area (Å²) in [5.41, 5.74) is 2.58. The summed E-state index contributed by atoms with van der Waals surface area (Å²) in [5, 5.41) is 6.34. The van der Waals surface area contributed by atoms with Crippen molar-refractivity contribution in [1.82, 2.24) is 10.6 Å². The molecule has 108 valence electrons. The van der Waals surface area contributed by atoms with Crippen LogP contribution in [0, 0.1) is 0 Å². The van der Waals surface area contributed by atoms with Gasteiger partial charge in [-0.05, 0) is 36.8 Å². The molecule has 1 fully saturated rings. The molecule has 0 spiro atoms. The summed E-state index contributed by atoms with van der Waals surface area (Å²) in [6, 6.07) is 8.21. The Balaban J connectivity index is 1.46. The monoisotopic (exact) mass is 274 g/mol. The van der Waals surface area contributed by atoms with Gasteiger partial charge < -0.3 is 15.4 Å². The molecular weight excluding hydrogens is 252 g/mol. The van der Waals surface area contributed by atoms with E-state index in [2.05, 4.69) is 22.8 Å². The maximum Gasteiger partial charge on any atom is 0.237 e. The van der Waals surface area contributed by atoms with E-state index < -0.39 is 0 Å². The van der Waals surface area contributed by atoms with Gasteiger partial charge in [-0.2, -0.15) is 0 Å². The van der Waals surface area contributed by atoms with Gasteiger partial charge in [-0.25, -0.2) is 0 Å². The average Bonchev–Trinajstić information content (AvgIpc) is 3.00. The molecule has 3 rings (SSSR count). The molecule has 1 amide bonds. The van der Waals surface area contributed by atoms with Crippen molar-refractivity contribution in [3.63, 3.8) is 0 Å². The molecule has 2 heterocycles. The lowest BCUT2D eigenvalue weighted by molar-refractivity contribution is -0.123. The molecule has 0 saturated carbocycles. The molecule has 2 atom stereocenters. The molecule has 1 unspecified atom stereocenters. The van der Waals surface area contributed by atoms with Crippen LogP contribution in [-0.2, 0) is 22.5 Å². The summed E-state index contributed by atoms with van der Waals surface area (Å²) in [4.78, 5) is 12.2. The van der Waals surface area contributed by atoms with Gasteiger partial charge in [0.2, 0.25) is 5.91 Å². The van der Waals surface area contributed by atoms with Crippen LogP contribution in [0.3, 0.4) is 0 Å². The van der Waals surface area contributed by atoms with Gasteiger partial charge in [0.15, 0.2) is 0 Å². The predicted octanol–water partition coefficient (Wildman–Crippen LogP) is 1.39. The molecule has 2 N–H and O–H groups in total. The third-order valence-electron chi connectivity index (χ3n) is 4.19. The first-order valence-corrected chi connectivity index (χ1v) is 7.52. The largest absolute Gasteiger partial charge is 0.378 e. The first-order valence-electron chi connectivity index (χ1n) is 7.52. The van der Waals surface area contributed by atoms with Crippen molar-refractivity contribution >= 4 is 5.91 Å². The van der Waals surface area contributed by atoms with Crippen molar-refractivity contribution in [3.05, 3.63) is 35.4 Å².